The van der Waals surface area contributed by atoms with E-state index in [4.69, 9.17) is 4.74 Å². The molecule has 1 saturated heterocycles. The summed E-state index contributed by atoms with van der Waals surface area (Å²) in [6.45, 7) is 9.11. The largest absolute Gasteiger partial charge is 0.456 e. The average molecular weight is 264 g/mol. The number of carbonyl (C=O) groups excluding carboxylic acids is 1. The van der Waals surface area contributed by atoms with Gasteiger partial charge in [-0.3, -0.25) is 0 Å². The van der Waals surface area contributed by atoms with Crippen LogP contribution in [0.3, 0.4) is 0 Å². The van der Waals surface area contributed by atoms with E-state index in [2.05, 4.69) is 27.8 Å². The highest BCUT2D eigenvalue weighted by Gasteiger charge is 2.13. The molecule has 1 aliphatic rings. The number of ether oxygens (including phenoxy) is 1. The highest BCUT2D eigenvalue weighted by molar-refractivity contribution is 9.12. The van der Waals surface area contributed by atoms with Crippen molar-refractivity contribution in [1.82, 2.24) is 5.32 Å². The molecule has 0 aromatic rings. The van der Waals surface area contributed by atoms with Crippen LogP contribution >= 0.6 is 15.9 Å². The first kappa shape index (κ1) is 11.7. The zero-order valence-electron chi connectivity index (χ0n) is 8.14. The van der Waals surface area contributed by atoms with Crippen molar-refractivity contribution >= 4 is 21.9 Å². The zero-order chi connectivity index (χ0) is 10.4. The molecule has 0 bridgehead atoms. The predicted molar refractivity (Wildman–Crippen MR) is 57.5 cm³/mol. The Labute approximate surface area is 92.4 Å². The van der Waals surface area contributed by atoms with Crippen molar-refractivity contribution in [2.24, 2.45) is 0 Å². The second-order valence-electron chi connectivity index (χ2n) is 3.29. The van der Waals surface area contributed by atoms with Crippen LogP contribution in [0.5, 0.6) is 0 Å². The van der Waals surface area contributed by atoms with Gasteiger partial charge in [0.05, 0.1) is 17.6 Å². The van der Waals surface area contributed by atoms with E-state index in [9.17, 15) is 4.79 Å². The second-order valence-corrected chi connectivity index (χ2v) is 4.25. The highest BCUT2D eigenvalue weighted by atomic mass is 79.9. The maximum Gasteiger partial charge on any atom is 0.344 e. The van der Waals surface area contributed by atoms with Gasteiger partial charge in [0.2, 0.25) is 0 Å². The third-order valence-corrected chi connectivity index (χ3v) is 2.54. The van der Waals surface area contributed by atoms with Crippen LogP contribution in [0.15, 0.2) is 11.1 Å². The molecule has 0 atom stereocenters. The van der Waals surface area contributed by atoms with E-state index >= 15 is 0 Å². The summed E-state index contributed by atoms with van der Waals surface area (Å²) in [5, 5.41) is 3.28. The summed E-state index contributed by atoms with van der Waals surface area (Å²) in [6.07, 6.45) is 0. The molecule has 0 aliphatic carbocycles. The fraction of sp³-hybridized carbons (Fsp3) is 0.667. The van der Waals surface area contributed by atoms with Gasteiger partial charge in [-0.15, -0.1) is 0 Å². The molecule has 1 aliphatic heterocycles. The lowest BCUT2D eigenvalue weighted by molar-refractivity contribution is -0.901. The van der Waals surface area contributed by atoms with Crippen molar-refractivity contribution in [1.29, 1.82) is 0 Å². The van der Waals surface area contributed by atoms with E-state index in [-0.39, 0.29) is 10.5 Å². The van der Waals surface area contributed by atoms with E-state index in [0.29, 0.717) is 6.61 Å². The van der Waals surface area contributed by atoms with E-state index in [1.807, 2.05) is 0 Å². The van der Waals surface area contributed by atoms with Crippen molar-refractivity contribution in [2.45, 2.75) is 0 Å². The fourth-order valence-electron chi connectivity index (χ4n) is 1.40. The van der Waals surface area contributed by atoms with Crippen LogP contribution in [-0.2, 0) is 9.53 Å². The van der Waals surface area contributed by atoms with Crippen LogP contribution in [0.1, 0.15) is 0 Å². The predicted octanol–water partition coefficient (Wildman–Crippen LogP) is -1.07. The Hall–Kier alpha value is -0.390. The third-order valence-electron chi connectivity index (χ3n) is 2.22. The van der Waals surface area contributed by atoms with Gasteiger partial charge in [0.25, 0.3) is 0 Å². The van der Waals surface area contributed by atoms with Gasteiger partial charge >= 0.3 is 5.97 Å². The molecule has 0 radical (unpaired) electrons. The number of piperazine rings is 1. The Morgan fingerprint density at radius 3 is 2.71 bits per heavy atom. The van der Waals surface area contributed by atoms with Gasteiger partial charge in [-0.25, -0.2) is 4.79 Å². The topological polar surface area (TPSA) is 42.8 Å². The van der Waals surface area contributed by atoms with Crippen LogP contribution in [0.25, 0.3) is 0 Å². The van der Waals surface area contributed by atoms with Gasteiger partial charge in [-0.2, -0.15) is 0 Å². The number of carbonyl (C=O) groups is 1. The fourth-order valence-corrected chi connectivity index (χ4v) is 1.51. The minimum Gasteiger partial charge on any atom is -0.456 e. The Kier molecular flexibility index (Phi) is 5.14. The molecule has 80 valence electrons. The average Bonchev–Trinajstić information content (AvgIpc) is 2.19. The van der Waals surface area contributed by atoms with Crippen LogP contribution < -0.4 is 10.2 Å². The Bertz CT molecular complexity index is 215. The van der Waals surface area contributed by atoms with Gasteiger partial charge in [-0.05, 0) is 15.9 Å². The lowest BCUT2D eigenvalue weighted by Crippen LogP contribution is -3.15. The molecule has 0 spiro atoms. The number of halogens is 1. The van der Waals surface area contributed by atoms with Gasteiger partial charge < -0.3 is 15.0 Å². The Morgan fingerprint density at radius 2 is 2.14 bits per heavy atom. The number of nitrogens with one attached hydrogen (secondary N) is 2. The SMILES string of the molecule is C=C(Br)C(=O)OCC[NH+]1CCNCC1. The molecule has 0 aromatic heterocycles. The summed E-state index contributed by atoms with van der Waals surface area (Å²) in [5.74, 6) is -0.362. The van der Waals surface area contributed by atoms with Crippen LogP contribution in [0.2, 0.25) is 0 Å². The first-order chi connectivity index (χ1) is 6.70. The number of esters is 1. The third kappa shape index (κ3) is 4.21. The first-order valence-corrected chi connectivity index (χ1v) is 5.55. The molecule has 5 heteroatoms. The summed E-state index contributed by atoms with van der Waals surface area (Å²) in [5.41, 5.74) is 0. The van der Waals surface area contributed by atoms with Crippen molar-refractivity contribution in [3.8, 4) is 0 Å². The summed E-state index contributed by atoms with van der Waals surface area (Å²) < 4.78 is 5.26. The summed E-state index contributed by atoms with van der Waals surface area (Å²) in [4.78, 5) is 12.5. The molecule has 1 heterocycles. The molecule has 0 saturated carbocycles. The zero-order valence-corrected chi connectivity index (χ0v) is 9.73. The van der Waals surface area contributed by atoms with E-state index < -0.39 is 0 Å². The molecule has 0 aromatic carbocycles. The van der Waals surface area contributed by atoms with Crippen molar-refractivity contribution < 1.29 is 14.4 Å². The lowest BCUT2D eigenvalue weighted by atomic mass is 10.4. The van der Waals surface area contributed by atoms with E-state index in [1.165, 1.54) is 4.90 Å². The van der Waals surface area contributed by atoms with Crippen molar-refractivity contribution in [2.75, 3.05) is 39.3 Å². The molecule has 1 fully saturated rings. The normalized spacial score (nSPS) is 17.8. The monoisotopic (exact) mass is 263 g/mol. The summed E-state index contributed by atoms with van der Waals surface area (Å²) >= 11 is 2.98. The Balaban J connectivity index is 2.08. The summed E-state index contributed by atoms with van der Waals surface area (Å²) in [6, 6.07) is 0. The maximum atomic E-state index is 11.0. The van der Waals surface area contributed by atoms with Gasteiger partial charge in [-0.1, -0.05) is 6.58 Å². The van der Waals surface area contributed by atoms with Gasteiger partial charge in [0, 0.05) is 13.1 Å². The molecular formula is C9H16BrN2O2+. The Morgan fingerprint density at radius 1 is 1.50 bits per heavy atom. The molecule has 2 N–H and O–H groups in total. The molecule has 4 nitrogen and oxygen atoms in total. The lowest BCUT2D eigenvalue weighted by Gasteiger charge is -2.23. The number of hydrogen-bond acceptors (Lipinski definition) is 3. The van der Waals surface area contributed by atoms with Crippen LogP contribution in [-0.4, -0.2) is 45.3 Å². The highest BCUT2D eigenvalue weighted by Crippen LogP contribution is 2.01. The maximum absolute atomic E-state index is 11.0. The molecule has 0 unspecified atom stereocenters. The van der Waals surface area contributed by atoms with Gasteiger partial charge in [0.1, 0.15) is 13.2 Å². The standard InChI is InChI=1S/C9H15BrN2O2/c1-8(10)9(13)14-7-6-12-4-2-11-3-5-12/h11H,1-7H2/p+1. The van der Waals surface area contributed by atoms with Crippen LogP contribution in [0.4, 0.5) is 0 Å². The van der Waals surface area contributed by atoms with Crippen molar-refractivity contribution in [3.05, 3.63) is 11.1 Å². The molecular weight excluding hydrogens is 248 g/mol. The minimum atomic E-state index is -0.362. The van der Waals surface area contributed by atoms with E-state index in [1.54, 1.807) is 0 Å². The molecule has 1 rings (SSSR count). The van der Waals surface area contributed by atoms with Gasteiger partial charge in [0.15, 0.2) is 0 Å². The first-order valence-electron chi connectivity index (χ1n) is 4.76. The molecule has 0 amide bonds. The smallest absolute Gasteiger partial charge is 0.344 e. The number of quaternary nitrogens is 1. The van der Waals surface area contributed by atoms with Crippen LogP contribution in [0, 0.1) is 0 Å². The quantitative estimate of drug-likeness (QED) is 0.502. The van der Waals surface area contributed by atoms with E-state index in [0.717, 1.165) is 32.7 Å². The number of hydrogen-bond donors (Lipinski definition) is 2. The second kappa shape index (κ2) is 6.16. The summed E-state index contributed by atoms with van der Waals surface area (Å²) in [7, 11) is 0. The number of rotatable bonds is 4. The molecule has 14 heavy (non-hydrogen) atoms. The van der Waals surface area contributed by atoms with Crippen molar-refractivity contribution in [3.63, 3.8) is 0 Å². The minimum absolute atomic E-state index is 0.285.